The van der Waals surface area contributed by atoms with Gasteiger partial charge in [0.05, 0.1) is 17.4 Å². The highest BCUT2D eigenvalue weighted by atomic mass is 16.6. The first-order valence-electron chi connectivity index (χ1n) is 10.8. The molecule has 0 amide bonds. The van der Waals surface area contributed by atoms with Crippen molar-refractivity contribution in [3.05, 3.63) is 51.8 Å². The molecule has 0 radical (unpaired) electrons. The first kappa shape index (κ1) is 22.5. The Morgan fingerprint density at radius 3 is 2.48 bits per heavy atom. The number of rotatable bonds is 9. The first-order valence-corrected chi connectivity index (χ1v) is 10.8. The van der Waals surface area contributed by atoms with E-state index in [4.69, 9.17) is 4.74 Å². The SMILES string of the molecule is CCOC(=O)C1CCN(c2ncnc(NCCc3ccc(CC)cc3)c2[N+](=O)[O-])CC1. The van der Waals surface area contributed by atoms with E-state index in [9.17, 15) is 14.9 Å². The quantitative estimate of drug-likeness (QED) is 0.368. The molecular formula is C22H29N5O4. The lowest BCUT2D eigenvalue weighted by Gasteiger charge is -2.31. The number of anilines is 2. The number of piperidine rings is 1. The molecule has 1 aliphatic rings. The maximum absolute atomic E-state index is 12.0. The number of ether oxygens (including phenoxy) is 1. The monoisotopic (exact) mass is 427 g/mol. The highest BCUT2D eigenvalue weighted by molar-refractivity contribution is 5.74. The summed E-state index contributed by atoms with van der Waals surface area (Å²) in [5.74, 6) is 0.132. The van der Waals surface area contributed by atoms with Crippen LogP contribution in [0.25, 0.3) is 0 Å². The van der Waals surface area contributed by atoms with Gasteiger partial charge >= 0.3 is 11.7 Å². The van der Waals surface area contributed by atoms with Gasteiger partial charge in [-0.2, -0.15) is 0 Å². The van der Waals surface area contributed by atoms with Crippen molar-refractivity contribution >= 4 is 23.3 Å². The number of esters is 1. The van der Waals surface area contributed by atoms with Gasteiger partial charge in [0, 0.05) is 19.6 Å². The molecule has 2 heterocycles. The van der Waals surface area contributed by atoms with Gasteiger partial charge in [0.15, 0.2) is 0 Å². The number of carbonyl (C=O) groups is 1. The van der Waals surface area contributed by atoms with Gasteiger partial charge in [0.2, 0.25) is 11.6 Å². The van der Waals surface area contributed by atoms with Crippen LogP contribution in [0.2, 0.25) is 0 Å². The minimum atomic E-state index is -0.439. The molecule has 0 aliphatic carbocycles. The van der Waals surface area contributed by atoms with E-state index in [1.807, 2.05) is 4.90 Å². The smallest absolute Gasteiger partial charge is 0.353 e. The van der Waals surface area contributed by atoms with Crippen molar-refractivity contribution in [3.63, 3.8) is 0 Å². The Morgan fingerprint density at radius 2 is 1.87 bits per heavy atom. The van der Waals surface area contributed by atoms with E-state index in [0.717, 1.165) is 18.4 Å². The van der Waals surface area contributed by atoms with Crippen LogP contribution < -0.4 is 10.2 Å². The van der Waals surface area contributed by atoms with E-state index < -0.39 is 4.92 Å². The zero-order chi connectivity index (χ0) is 22.2. The fraction of sp³-hybridized carbons (Fsp3) is 0.500. The fourth-order valence-corrected chi connectivity index (χ4v) is 3.75. The zero-order valence-electron chi connectivity index (χ0n) is 18.0. The average molecular weight is 428 g/mol. The lowest BCUT2D eigenvalue weighted by molar-refractivity contribution is -0.383. The van der Waals surface area contributed by atoms with Gasteiger partial charge < -0.3 is 15.0 Å². The highest BCUT2D eigenvalue weighted by Gasteiger charge is 2.32. The number of benzene rings is 1. The van der Waals surface area contributed by atoms with Crippen molar-refractivity contribution in [1.82, 2.24) is 9.97 Å². The second-order valence-corrected chi connectivity index (χ2v) is 7.51. The predicted octanol–water partition coefficient (Wildman–Crippen LogP) is 3.38. The third kappa shape index (κ3) is 5.68. The van der Waals surface area contributed by atoms with Gasteiger partial charge in [-0.3, -0.25) is 14.9 Å². The van der Waals surface area contributed by atoms with Gasteiger partial charge in [0.25, 0.3) is 0 Å². The Labute approximate surface area is 182 Å². The van der Waals surface area contributed by atoms with Crippen LogP contribution in [0, 0.1) is 16.0 Å². The summed E-state index contributed by atoms with van der Waals surface area (Å²) in [6.45, 7) is 5.78. The molecule has 1 aromatic heterocycles. The molecule has 2 aromatic rings. The molecule has 0 spiro atoms. The summed E-state index contributed by atoms with van der Waals surface area (Å²) in [5, 5.41) is 14.9. The van der Waals surface area contributed by atoms with Crippen molar-refractivity contribution in [2.75, 3.05) is 36.5 Å². The number of nitrogens with one attached hydrogen (secondary N) is 1. The maximum Gasteiger partial charge on any atom is 0.353 e. The third-order valence-corrected chi connectivity index (χ3v) is 5.54. The maximum atomic E-state index is 12.0. The van der Waals surface area contributed by atoms with Crippen LogP contribution in [-0.2, 0) is 22.4 Å². The minimum Gasteiger partial charge on any atom is -0.466 e. The summed E-state index contributed by atoms with van der Waals surface area (Å²) in [7, 11) is 0. The number of nitrogens with zero attached hydrogens (tertiary/aromatic N) is 4. The molecule has 1 N–H and O–H groups in total. The van der Waals surface area contributed by atoms with Crippen molar-refractivity contribution in [2.24, 2.45) is 5.92 Å². The third-order valence-electron chi connectivity index (χ3n) is 5.54. The number of aryl methyl sites for hydroxylation is 1. The average Bonchev–Trinajstić information content (AvgIpc) is 2.79. The molecule has 166 valence electrons. The van der Waals surface area contributed by atoms with Gasteiger partial charge in [-0.05, 0) is 43.7 Å². The number of hydrogen-bond acceptors (Lipinski definition) is 8. The topological polar surface area (TPSA) is 110 Å². The van der Waals surface area contributed by atoms with Crippen LogP contribution in [0.3, 0.4) is 0 Å². The van der Waals surface area contributed by atoms with Crippen molar-refractivity contribution in [3.8, 4) is 0 Å². The summed E-state index contributed by atoms with van der Waals surface area (Å²) in [4.78, 5) is 33.5. The molecule has 0 unspecified atom stereocenters. The molecule has 1 aliphatic heterocycles. The van der Waals surface area contributed by atoms with Gasteiger partial charge in [-0.25, -0.2) is 9.97 Å². The molecule has 9 heteroatoms. The summed E-state index contributed by atoms with van der Waals surface area (Å²) in [5.41, 5.74) is 2.31. The Bertz CT molecular complexity index is 895. The fourth-order valence-electron chi connectivity index (χ4n) is 3.75. The van der Waals surface area contributed by atoms with Crippen molar-refractivity contribution in [1.29, 1.82) is 0 Å². The van der Waals surface area contributed by atoms with E-state index in [1.54, 1.807) is 6.92 Å². The van der Waals surface area contributed by atoms with Gasteiger partial charge in [-0.1, -0.05) is 31.2 Å². The summed E-state index contributed by atoms with van der Waals surface area (Å²) >= 11 is 0. The van der Waals surface area contributed by atoms with Crippen LogP contribution in [0.4, 0.5) is 17.3 Å². The lowest BCUT2D eigenvalue weighted by atomic mass is 9.97. The number of aromatic nitrogens is 2. The van der Waals surface area contributed by atoms with E-state index in [1.165, 1.54) is 11.9 Å². The largest absolute Gasteiger partial charge is 0.466 e. The summed E-state index contributed by atoms with van der Waals surface area (Å²) < 4.78 is 5.10. The molecule has 0 bridgehead atoms. The predicted molar refractivity (Wildman–Crippen MR) is 118 cm³/mol. The van der Waals surface area contributed by atoms with Gasteiger partial charge in [0.1, 0.15) is 6.33 Å². The van der Waals surface area contributed by atoms with Crippen LogP contribution in [0.5, 0.6) is 0 Å². The summed E-state index contributed by atoms with van der Waals surface area (Å²) in [6.07, 6.45) is 4.22. The first-order chi connectivity index (χ1) is 15.0. The van der Waals surface area contributed by atoms with Gasteiger partial charge in [-0.15, -0.1) is 0 Å². The van der Waals surface area contributed by atoms with Crippen molar-refractivity contribution in [2.45, 2.75) is 39.5 Å². The number of carbonyl (C=O) groups excluding carboxylic acids is 1. The zero-order valence-corrected chi connectivity index (χ0v) is 18.0. The molecule has 1 aromatic carbocycles. The Balaban J connectivity index is 1.66. The van der Waals surface area contributed by atoms with Crippen LogP contribution in [0.15, 0.2) is 30.6 Å². The summed E-state index contributed by atoms with van der Waals surface area (Å²) in [6, 6.07) is 8.35. The molecule has 9 nitrogen and oxygen atoms in total. The molecule has 0 atom stereocenters. The van der Waals surface area contributed by atoms with Crippen molar-refractivity contribution < 1.29 is 14.5 Å². The second-order valence-electron chi connectivity index (χ2n) is 7.51. The molecule has 0 saturated carbocycles. The Morgan fingerprint density at radius 1 is 1.19 bits per heavy atom. The van der Waals surface area contributed by atoms with E-state index in [-0.39, 0.29) is 29.2 Å². The Hall–Kier alpha value is -3.23. The molecular weight excluding hydrogens is 398 g/mol. The van der Waals surface area contributed by atoms with E-state index >= 15 is 0 Å². The molecule has 1 fully saturated rings. The van der Waals surface area contributed by atoms with E-state index in [0.29, 0.717) is 39.1 Å². The molecule has 1 saturated heterocycles. The van der Waals surface area contributed by atoms with Crippen LogP contribution in [0.1, 0.15) is 37.8 Å². The van der Waals surface area contributed by atoms with Crippen LogP contribution >= 0.6 is 0 Å². The number of nitro groups is 1. The molecule has 31 heavy (non-hydrogen) atoms. The normalized spacial score (nSPS) is 14.3. The minimum absolute atomic E-state index is 0.126. The lowest BCUT2D eigenvalue weighted by Crippen LogP contribution is -2.37. The Kier molecular flexibility index (Phi) is 7.75. The standard InChI is InChI=1S/C22H29N5O4/c1-3-16-5-7-17(8-6-16)9-12-23-20-19(27(29)30)21(25-15-24-20)26-13-10-18(11-14-26)22(28)31-4-2/h5-8,15,18H,3-4,9-14H2,1-2H3,(H,23,24,25). The molecule has 3 rings (SSSR count). The van der Waals surface area contributed by atoms with Crippen LogP contribution in [-0.4, -0.2) is 47.1 Å². The second kappa shape index (κ2) is 10.7. The highest BCUT2D eigenvalue weighted by Crippen LogP contribution is 2.34. The van der Waals surface area contributed by atoms with E-state index in [2.05, 4.69) is 46.5 Å². The number of hydrogen-bond donors (Lipinski definition) is 1.